The molecule has 0 aliphatic rings. The predicted molar refractivity (Wildman–Crippen MR) is 117 cm³/mol. The summed E-state index contributed by atoms with van der Waals surface area (Å²) in [5.41, 5.74) is 1.98. The van der Waals surface area contributed by atoms with Crippen LogP contribution in [0.15, 0.2) is 36.4 Å². The predicted octanol–water partition coefficient (Wildman–Crippen LogP) is 5.36. The average molecular weight is 411 g/mol. The molecule has 0 spiro atoms. The summed E-state index contributed by atoms with van der Waals surface area (Å²) in [6, 6.07) is 9.56. The topological polar surface area (TPSA) is 92.7 Å². The molecule has 0 saturated heterocycles. The van der Waals surface area contributed by atoms with E-state index in [0.717, 1.165) is 31.2 Å². The number of unbranched alkanes of at least 4 members (excludes halogenated alkanes) is 3. The lowest BCUT2D eigenvalue weighted by Crippen LogP contribution is -2.15. The maximum absolute atomic E-state index is 12.9. The summed E-state index contributed by atoms with van der Waals surface area (Å²) in [6.45, 7) is 5.80. The first kappa shape index (κ1) is 23.1. The number of aromatic carboxylic acids is 1. The van der Waals surface area contributed by atoms with Crippen LogP contribution in [-0.4, -0.2) is 29.4 Å². The molecule has 0 fully saturated rings. The third-order valence-corrected chi connectivity index (χ3v) is 4.76. The number of carbonyl (C=O) groups excluding carboxylic acids is 2. The van der Waals surface area contributed by atoms with Crippen molar-refractivity contribution < 1.29 is 24.2 Å². The number of ketones is 1. The highest BCUT2D eigenvalue weighted by Gasteiger charge is 2.15. The van der Waals surface area contributed by atoms with E-state index < -0.39 is 11.9 Å². The minimum Gasteiger partial charge on any atom is -0.492 e. The van der Waals surface area contributed by atoms with Gasteiger partial charge >= 0.3 is 5.97 Å². The smallest absolute Gasteiger partial charge is 0.335 e. The number of ether oxygens (including phenoxy) is 1. The number of nitrogens with one attached hydrogen (secondary N) is 1. The van der Waals surface area contributed by atoms with Gasteiger partial charge in [-0.25, -0.2) is 4.79 Å². The Hall–Kier alpha value is -3.15. The van der Waals surface area contributed by atoms with Crippen LogP contribution in [0.2, 0.25) is 0 Å². The first-order chi connectivity index (χ1) is 14.3. The Morgan fingerprint density at radius 3 is 2.30 bits per heavy atom. The minimum absolute atomic E-state index is 0.0793. The second-order valence-corrected chi connectivity index (χ2v) is 7.19. The van der Waals surface area contributed by atoms with Crippen molar-refractivity contribution in [1.82, 2.24) is 0 Å². The van der Waals surface area contributed by atoms with E-state index in [1.54, 1.807) is 30.3 Å². The summed E-state index contributed by atoms with van der Waals surface area (Å²) in [7, 11) is 0. The fraction of sp³-hybridized carbons (Fsp3) is 0.375. The Labute approximate surface area is 177 Å². The zero-order valence-electron chi connectivity index (χ0n) is 17.8. The van der Waals surface area contributed by atoms with Crippen LogP contribution >= 0.6 is 0 Å². The first-order valence-corrected chi connectivity index (χ1v) is 10.3. The Morgan fingerprint density at radius 2 is 1.67 bits per heavy atom. The molecule has 0 saturated carbocycles. The number of amides is 1. The van der Waals surface area contributed by atoms with Crippen LogP contribution in [0.25, 0.3) is 0 Å². The van der Waals surface area contributed by atoms with E-state index >= 15 is 0 Å². The van der Waals surface area contributed by atoms with E-state index in [1.165, 1.54) is 13.0 Å². The molecule has 0 aromatic heterocycles. The lowest BCUT2D eigenvalue weighted by Gasteiger charge is -2.14. The fourth-order valence-electron chi connectivity index (χ4n) is 3.17. The molecule has 6 nitrogen and oxygen atoms in total. The normalized spacial score (nSPS) is 10.5. The number of Topliss-reactive ketones (excluding diaryl/α,β-unsaturated/α-hetero) is 1. The largest absolute Gasteiger partial charge is 0.492 e. The molecule has 0 heterocycles. The molecule has 0 unspecified atom stereocenters. The zero-order chi connectivity index (χ0) is 22.1. The molecule has 1 amide bonds. The van der Waals surface area contributed by atoms with E-state index in [4.69, 9.17) is 4.74 Å². The van der Waals surface area contributed by atoms with Crippen molar-refractivity contribution in [1.29, 1.82) is 0 Å². The number of aryl methyl sites for hydroxylation is 1. The van der Waals surface area contributed by atoms with Crippen LogP contribution in [-0.2, 0) is 6.42 Å². The summed E-state index contributed by atoms with van der Waals surface area (Å²) in [4.78, 5) is 36.2. The summed E-state index contributed by atoms with van der Waals surface area (Å²) in [5.74, 6) is -1.21. The molecule has 2 rings (SSSR count). The first-order valence-electron chi connectivity index (χ1n) is 10.3. The number of hydrogen-bond donors (Lipinski definition) is 2. The summed E-state index contributed by atoms with van der Waals surface area (Å²) in [5, 5.41) is 12.2. The second kappa shape index (κ2) is 11.1. The second-order valence-electron chi connectivity index (χ2n) is 7.19. The van der Waals surface area contributed by atoms with Gasteiger partial charge in [-0.3, -0.25) is 9.59 Å². The van der Waals surface area contributed by atoms with Crippen LogP contribution in [0.3, 0.4) is 0 Å². The van der Waals surface area contributed by atoms with Crippen molar-refractivity contribution in [2.45, 2.75) is 52.9 Å². The van der Waals surface area contributed by atoms with Crippen LogP contribution in [0, 0.1) is 0 Å². The maximum Gasteiger partial charge on any atom is 0.335 e. The Balaban J connectivity index is 2.31. The molecule has 0 bridgehead atoms. The van der Waals surface area contributed by atoms with Gasteiger partial charge in [-0.1, -0.05) is 26.2 Å². The van der Waals surface area contributed by atoms with Crippen molar-refractivity contribution in [2.75, 3.05) is 11.9 Å². The molecular formula is C24H29NO5. The van der Waals surface area contributed by atoms with Gasteiger partial charge in [-0.2, -0.15) is 0 Å². The number of anilines is 1. The average Bonchev–Trinajstić information content (AvgIpc) is 2.72. The Bertz CT molecular complexity index is 920. The van der Waals surface area contributed by atoms with Gasteiger partial charge in [0.2, 0.25) is 0 Å². The van der Waals surface area contributed by atoms with Crippen molar-refractivity contribution in [3.05, 3.63) is 58.7 Å². The highest BCUT2D eigenvalue weighted by Crippen LogP contribution is 2.27. The molecule has 30 heavy (non-hydrogen) atoms. The molecule has 0 aliphatic carbocycles. The minimum atomic E-state index is -1.08. The molecule has 0 aliphatic heterocycles. The van der Waals surface area contributed by atoms with Gasteiger partial charge in [-0.15, -0.1) is 0 Å². The lowest BCUT2D eigenvalue weighted by molar-refractivity contribution is 0.0696. The highest BCUT2D eigenvalue weighted by atomic mass is 16.5. The van der Waals surface area contributed by atoms with Crippen molar-refractivity contribution >= 4 is 23.3 Å². The van der Waals surface area contributed by atoms with Gasteiger partial charge in [-0.05, 0) is 68.7 Å². The molecule has 160 valence electrons. The number of carboxylic acid groups (broad SMARTS) is 1. The number of benzene rings is 2. The summed E-state index contributed by atoms with van der Waals surface area (Å²) in [6.07, 6.45) is 4.95. The van der Waals surface area contributed by atoms with Gasteiger partial charge in [0.1, 0.15) is 5.75 Å². The quantitative estimate of drug-likeness (QED) is 0.383. The van der Waals surface area contributed by atoms with Crippen LogP contribution in [0.5, 0.6) is 5.75 Å². The molecular weight excluding hydrogens is 382 g/mol. The Kier molecular flexibility index (Phi) is 8.59. The maximum atomic E-state index is 12.9. The standard InChI is InChI=1S/C24H29NO5/c1-4-6-7-8-9-17-12-19(14-20(13-17)24(28)29)23(27)25-21-15-18(16(3)26)10-11-22(21)30-5-2/h10-15H,4-9H2,1-3H3,(H,25,27)(H,28,29). The van der Waals surface area contributed by atoms with Gasteiger partial charge in [0.15, 0.2) is 5.78 Å². The van der Waals surface area contributed by atoms with Crippen molar-refractivity contribution in [2.24, 2.45) is 0 Å². The summed E-state index contributed by atoms with van der Waals surface area (Å²) >= 11 is 0. The monoisotopic (exact) mass is 411 g/mol. The number of rotatable bonds is 11. The van der Waals surface area contributed by atoms with E-state index in [0.29, 0.717) is 30.0 Å². The molecule has 2 N–H and O–H groups in total. The SMILES string of the molecule is CCCCCCc1cc(C(=O)O)cc(C(=O)Nc2cc(C(C)=O)ccc2OCC)c1. The number of hydrogen-bond acceptors (Lipinski definition) is 4. The van der Waals surface area contributed by atoms with Gasteiger partial charge in [0.05, 0.1) is 17.9 Å². The van der Waals surface area contributed by atoms with E-state index in [9.17, 15) is 19.5 Å². The van der Waals surface area contributed by atoms with Crippen molar-refractivity contribution in [3.8, 4) is 5.75 Å². The van der Waals surface area contributed by atoms with E-state index in [-0.39, 0.29) is 16.9 Å². The third-order valence-electron chi connectivity index (χ3n) is 4.76. The van der Waals surface area contributed by atoms with E-state index in [2.05, 4.69) is 12.2 Å². The summed E-state index contributed by atoms with van der Waals surface area (Å²) < 4.78 is 5.55. The number of carbonyl (C=O) groups is 3. The molecule has 6 heteroatoms. The molecule has 0 atom stereocenters. The Morgan fingerprint density at radius 1 is 0.933 bits per heavy atom. The van der Waals surface area contributed by atoms with E-state index in [1.807, 2.05) is 6.92 Å². The van der Waals surface area contributed by atoms with Gasteiger partial charge < -0.3 is 15.2 Å². The van der Waals surface area contributed by atoms with Gasteiger partial charge in [0.25, 0.3) is 5.91 Å². The highest BCUT2D eigenvalue weighted by molar-refractivity contribution is 6.07. The molecule has 2 aromatic rings. The zero-order valence-corrected chi connectivity index (χ0v) is 17.8. The van der Waals surface area contributed by atoms with Crippen LogP contribution < -0.4 is 10.1 Å². The third kappa shape index (κ3) is 6.44. The van der Waals surface area contributed by atoms with Crippen LogP contribution in [0.1, 0.15) is 83.1 Å². The van der Waals surface area contributed by atoms with Crippen LogP contribution in [0.4, 0.5) is 5.69 Å². The number of carboxylic acids is 1. The molecule has 2 aromatic carbocycles. The fourth-order valence-corrected chi connectivity index (χ4v) is 3.17. The van der Waals surface area contributed by atoms with Crippen molar-refractivity contribution in [3.63, 3.8) is 0 Å². The lowest BCUT2D eigenvalue weighted by atomic mass is 10.00. The van der Waals surface area contributed by atoms with Gasteiger partial charge in [0, 0.05) is 11.1 Å². The molecule has 0 radical (unpaired) electrons.